The number of hydrogen-bond acceptors (Lipinski definition) is 2. The third-order valence-corrected chi connectivity index (χ3v) is 7.59. The molecule has 1 aromatic carbocycles. The van der Waals surface area contributed by atoms with Crippen molar-refractivity contribution in [3.63, 3.8) is 0 Å². The van der Waals surface area contributed by atoms with Crippen LogP contribution in [0, 0.1) is 28.6 Å². The van der Waals surface area contributed by atoms with Crippen LogP contribution in [0.3, 0.4) is 0 Å². The summed E-state index contributed by atoms with van der Waals surface area (Å²) in [6, 6.07) is 10.9. The molecule has 1 saturated heterocycles. The number of benzene rings is 1. The first-order valence-electron chi connectivity index (χ1n) is 11.3. The number of likely N-dealkylation sites (tertiary alicyclic amines) is 1. The molecule has 0 unspecified atom stereocenters. The Labute approximate surface area is 171 Å². The van der Waals surface area contributed by atoms with Gasteiger partial charge in [0.1, 0.15) is 5.60 Å². The first-order chi connectivity index (χ1) is 13.3. The average Bonchev–Trinajstić information content (AvgIpc) is 3.25. The number of fused-ring (bicyclic) bond motifs is 2. The van der Waals surface area contributed by atoms with Crippen LogP contribution in [0.25, 0.3) is 0 Å². The number of rotatable bonds is 4. The van der Waals surface area contributed by atoms with E-state index in [9.17, 15) is 5.11 Å². The molecular formula is C26H37NO. The largest absolute Gasteiger partial charge is 0.384 e. The maximum Gasteiger partial charge on any atom is 0.103 e. The lowest BCUT2D eigenvalue weighted by Gasteiger charge is -2.39. The van der Waals surface area contributed by atoms with Gasteiger partial charge in [-0.05, 0) is 54.4 Å². The Morgan fingerprint density at radius 2 is 1.79 bits per heavy atom. The summed E-state index contributed by atoms with van der Waals surface area (Å²) in [5, 5.41) is 11.6. The van der Waals surface area contributed by atoms with Gasteiger partial charge < -0.3 is 5.11 Å². The minimum absolute atomic E-state index is 0.343. The van der Waals surface area contributed by atoms with E-state index in [4.69, 9.17) is 0 Å². The second kappa shape index (κ2) is 7.51. The highest BCUT2D eigenvalue weighted by Gasteiger charge is 2.49. The molecule has 28 heavy (non-hydrogen) atoms. The van der Waals surface area contributed by atoms with Crippen LogP contribution in [0.5, 0.6) is 0 Å². The predicted octanol–water partition coefficient (Wildman–Crippen LogP) is 5.36. The lowest BCUT2D eigenvalue weighted by Crippen LogP contribution is -2.35. The Kier molecular flexibility index (Phi) is 5.36. The molecule has 152 valence electrons. The Morgan fingerprint density at radius 1 is 1.07 bits per heavy atom. The second-order valence-corrected chi connectivity index (χ2v) is 10.9. The molecule has 2 nitrogen and oxygen atoms in total. The van der Waals surface area contributed by atoms with Crippen molar-refractivity contribution in [1.29, 1.82) is 0 Å². The summed E-state index contributed by atoms with van der Waals surface area (Å²) in [6.07, 6.45) is 9.21. The van der Waals surface area contributed by atoms with Gasteiger partial charge in [-0.1, -0.05) is 75.8 Å². The summed E-state index contributed by atoms with van der Waals surface area (Å²) >= 11 is 0. The Balaban J connectivity index is 1.44. The van der Waals surface area contributed by atoms with Crippen LogP contribution < -0.4 is 0 Å². The van der Waals surface area contributed by atoms with E-state index in [2.05, 4.69) is 49.6 Å². The molecule has 1 aromatic rings. The normalized spacial score (nSPS) is 31.9. The number of aliphatic hydroxyl groups is 1. The van der Waals surface area contributed by atoms with E-state index >= 15 is 0 Å². The fourth-order valence-corrected chi connectivity index (χ4v) is 6.73. The number of nitrogens with zero attached hydrogens (tertiary/aromatic N) is 1. The molecule has 1 N–H and O–H groups in total. The highest BCUT2D eigenvalue weighted by molar-refractivity contribution is 5.26. The van der Waals surface area contributed by atoms with Gasteiger partial charge in [0.05, 0.1) is 6.54 Å². The summed E-state index contributed by atoms with van der Waals surface area (Å²) < 4.78 is 0. The van der Waals surface area contributed by atoms with Crippen LogP contribution in [-0.2, 0) is 5.60 Å². The first kappa shape index (κ1) is 20.0. The fraction of sp³-hybridized carbons (Fsp3) is 0.692. The monoisotopic (exact) mass is 379 g/mol. The quantitative estimate of drug-likeness (QED) is 0.712. The van der Waals surface area contributed by atoms with Gasteiger partial charge in [-0.15, -0.1) is 0 Å². The molecule has 3 atom stereocenters. The lowest BCUT2D eigenvalue weighted by atomic mass is 9.65. The maximum atomic E-state index is 11.6. The molecule has 0 radical (unpaired) electrons. The van der Waals surface area contributed by atoms with Gasteiger partial charge in [-0.3, -0.25) is 4.90 Å². The van der Waals surface area contributed by atoms with Crippen molar-refractivity contribution >= 4 is 0 Å². The van der Waals surface area contributed by atoms with E-state index in [0.717, 1.165) is 24.9 Å². The summed E-state index contributed by atoms with van der Waals surface area (Å²) in [4.78, 5) is 2.61. The molecule has 2 saturated carbocycles. The zero-order valence-corrected chi connectivity index (χ0v) is 18.0. The lowest BCUT2D eigenvalue weighted by molar-refractivity contribution is -0.0173. The standard InChI is InChI=1S/C26H37NO/c1-24(2)17-23-18-25(3,19-24)20-27(23)16-10-9-15-26(28,22-13-7-8-14-22)21-11-5-4-6-12-21/h4-6,11-12,22-23,28H,7-8,13-20H2,1-3H3/t23-,25+,26-/m1/s1. The van der Waals surface area contributed by atoms with Crippen LogP contribution in [-0.4, -0.2) is 29.1 Å². The Morgan fingerprint density at radius 3 is 2.50 bits per heavy atom. The Hall–Kier alpha value is -1.30. The zero-order chi connectivity index (χ0) is 19.8. The van der Waals surface area contributed by atoms with Crippen molar-refractivity contribution in [2.24, 2.45) is 16.7 Å². The van der Waals surface area contributed by atoms with Crippen LogP contribution in [0.2, 0.25) is 0 Å². The smallest absolute Gasteiger partial charge is 0.103 e. The van der Waals surface area contributed by atoms with E-state index in [0.29, 0.717) is 29.2 Å². The SMILES string of the molecule is CC1(C)C[C@@H]2C[C@](C)(CN2CC#CC[C@@](O)(c2ccccc2)C2CCCC2)C1. The third-order valence-electron chi connectivity index (χ3n) is 7.59. The van der Waals surface area contributed by atoms with E-state index in [-0.39, 0.29) is 0 Å². The summed E-state index contributed by atoms with van der Waals surface area (Å²) in [7, 11) is 0. The molecule has 4 rings (SSSR count). The highest BCUT2D eigenvalue weighted by Crippen LogP contribution is 2.52. The van der Waals surface area contributed by atoms with Crippen LogP contribution >= 0.6 is 0 Å². The van der Waals surface area contributed by atoms with Crippen molar-refractivity contribution in [2.45, 2.75) is 83.8 Å². The van der Waals surface area contributed by atoms with Gasteiger partial charge >= 0.3 is 0 Å². The zero-order valence-electron chi connectivity index (χ0n) is 18.0. The molecule has 1 aliphatic heterocycles. The van der Waals surface area contributed by atoms with Crippen molar-refractivity contribution in [3.8, 4) is 11.8 Å². The molecular weight excluding hydrogens is 342 g/mol. The van der Waals surface area contributed by atoms with E-state index in [1.54, 1.807) is 0 Å². The van der Waals surface area contributed by atoms with Crippen molar-refractivity contribution in [2.75, 3.05) is 13.1 Å². The van der Waals surface area contributed by atoms with Gasteiger partial charge in [0.15, 0.2) is 0 Å². The Bertz CT molecular complexity index is 739. The van der Waals surface area contributed by atoms with Crippen molar-refractivity contribution in [3.05, 3.63) is 35.9 Å². The second-order valence-electron chi connectivity index (χ2n) is 10.9. The molecule has 3 aliphatic rings. The van der Waals surface area contributed by atoms with E-state index in [1.807, 2.05) is 18.2 Å². The maximum absolute atomic E-state index is 11.6. The van der Waals surface area contributed by atoms with Crippen LogP contribution in [0.4, 0.5) is 0 Å². The van der Waals surface area contributed by atoms with Gasteiger partial charge in [0.25, 0.3) is 0 Å². The molecule has 2 heteroatoms. The minimum Gasteiger partial charge on any atom is -0.384 e. The number of hydrogen-bond donors (Lipinski definition) is 1. The topological polar surface area (TPSA) is 23.5 Å². The van der Waals surface area contributed by atoms with Crippen LogP contribution in [0.1, 0.15) is 77.7 Å². The highest BCUT2D eigenvalue weighted by atomic mass is 16.3. The molecule has 2 aliphatic carbocycles. The van der Waals surface area contributed by atoms with Crippen molar-refractivity contribution < 1.29 is 5.11 Å². The van der Waals surface area contributed by atoms with Gasteiger partial charge in [0, 0.05) is 19.0 Å². The van der Waals surface area contributed by atoms with Gasteiger partial charge in [-0.25, -0.2) is 0 Å². The van der Waals surface area contributed by atoms with Gasteiger partial charge in [-0.2, -0.15) is 0 Å². The molecule has 0 aromatic heterocycles. The molecule has 2 bridgehead atoms. The molecule has 1 heterocycles. The predicted molar refractivity (Wildman–Crippen MR) is 116 cm³/mol. The van der Waals surface area contributed by atoms with Crippen molar-refractivity contribution in [1.82, 2.24) is 4.90 Å². The molecule has 0 amide bonds. The minimum atomic E-state index is -0.792. The first-order valence-corrected chi connectivity index (χ1v) is 11.3. The van der Waals surface area contributed by atoms with Crippen LogP contribution in [0.15, 0.2) is 30.3 Å². The average molecular weight is 380 g/mol. The summed E-state index contributed by atoms with van der Waals surface area (Å²) in [5.74, 6) is 7.19. The fourth-order valence-electron chi connectivity index (χ4n) is 6.73. The summed E-state index contributed by atoms with van der Waals surface area (Å²) in [5.41, 5.74) is 1.17. The molecule has 0 spiro atoms. The van der Waals surface area contributed by atoms with E-state index in [1.165, 1.54) is 38.6 Å². The van der Waals surface area contributed by atoms with Gasteiger partial charge in [0.2, 0.25) is 0 Å². The van der Waals surface area contributed by atoms with E-state index < -0.39 is 5.60 Å². The third kappa shape index (κ3) is 4.03. The molecule has 3 fully saturated rings. The summed E-state index contributed by atoms with van der Waals surface area (Å²) in [6.45, 7) is 9.35.